The van der Waals surface area contributed by atoms with E-state index in [1.165, 1.54) is 0 Å². The smallest absolute Gasteiger partial charge is 0.312 e. The number of primary amides is 1. The normalized spacial score (nSPS) is 12.9. The number of rotatable bonds is 6. The van der Waals surface area contributed by atoms with Crippen molar-refractivity contribution >= 4 is 23.6 Å². The maximum absolute atomic E-state index is 12.2. The van der Waals surface area contributed by atoms with Gasteiger partial charge in [-0.15, -0.1) is 0 Å². The molecule has 6 heteroatoms. The zero-order valence-electron chi connectivity index (χ0n) is 13.2. The highest BCUT2D eigenvalue weighted by Crippen LogP contribution is 2.22. The molecule has 2 aromatic rings. The lowest BCUT2D eigenvalue weighted by atomic mass is 10.0. The number of carbonyl (C=O) groups is 2. The number of hydrogen-bond acceptors (Lipinski definition) is 3. The zero-order chi connectivity index (χ0) is 17.5. The van der Waals surface area contributed by atoms with E-state index in [-0.39, 0.29) is 12.5 Å². The minimum Gasteiger partial charge on any atom is -0.458 e. The van der Waals surface area contributed by atoms with Gasteiger partial charge >= 0.3 is 12.0 Å². The topological polar surface area (TPSA) is 81.4 Å². The zero-order valence-corrected chi connectivity index (χ0v) is 14.0. The van der Waals surface area contributed by atoms with Crippen LogP contribution in [0.15, 0.2) is 54.6 Å². The molecule has 126 valence electrons. The third-order valence-electron chi connectivity index (χ3n) is 3.54. The Kier molecular flexibility index (Phi) is 6.21. The van der Waals surface area contributed by atoms with Crippen LogP contribution in [0.2, 0.25) is 5.02 Å². The van der Waals surface area contributed by atoms with E-state index < -0.39 is 18.0 Å². The number of nitrogens with two attached hydrogens (primary N) is 1. The van der Waals surface area contributed by atoms with Gasteiger partial charge < -0.3 is 15.8 Å². The Morgan fingerprint density at radius 2 is 1.71 bits per heavy atom. The van der Waals surface area contributed by atoms with Crippen LogP contribution < -0.4 is 11.1 Å². The summed E-state index contributed by atoms with van der Waals surface area (Å²) in [6, 6.07) is 15.0. The Bertz CT molecular complexity index is 689. The second kappa shape index (κ2) is 8.36. The van der Waals surface area contributed by atoms with Crippen molar-refractivity contribution in [1.29, 1.82) is 0 Å². The summed E-state index contributed by atoms with van der Waals surface area (Å²) in [6.45, 7) is 1.80. The molecule has 0 aromatic heterocycles. The summed E-state index contributed by atoms with van der Waals surface area (Å²) in [5, 5.41) is 3.12. The first-order valence-corrected chi connectivity index (χ1v) is 7.89. The molecular formula is C18H19ClN2O3. The predicted octanol–water partition coefficient (Wildman–Crippen LogP) is 3.74. The number of hydrogen-bond donors (Lipinski definition) is 2. The largest absolute Gasteiger partial charge is 0.458 e. The van der Waals surface area contributed by atoms with E-state index in [0.29, 0.717) is 5.02 Å². The van der Waals surface area contributed by atoms with Gasteiger partial charge in [-0.1, -0.05) is 54.1 Å². The Labute approximate surface area is 145 Å². The van der Waals surface area contributed by atoms with Crippen LogP contribution in [-0.2, 0) is 9.53 Å². The van der Waals surface area contributed by atoms with Crippen LogP contribution in [0.4, 0.5) is 4.79 Å². The quantitative estimate of drug-likeness (QED) is 0.781. The van der Waals surface area contributed by atoms with Crippen molar-refractivity contribution in [2.75, 3.05) is 0 Å². The number of amides is 2. The van der Waals surface area contributed by atoms with Crippen LogP contribution in [0.5, 0.6) is 0 Å². The summed E-state index contributed by atoms with van der Waals surface area (Å²) >= 11 is 5.86. The molecule has 2 rings (SSSR count). The molecule has 24 heavy (non-hydrogen) atoms. The van der Waals surface area contributed by atoms with Crippen molar-refractivity contribution in [2.24, 2.45) is 5.73 Å². The van der Waals surface area contributed by atoms with Crippen LogP contribution >= 0.6 is 11.6 Å². The van der Waals surface area contributed by atoms with E-state index in [4.69, 9.17) is 22.1 Å². The summed E-state index contributed by atoms with van der Waals surface area (Å²) in [7, 11) is 0. The van der Waals surface area contributed by atoms with E-state index in [1.807, 2.05) is 30.3 Å². The number of halogens is 1. The van der Waals surface area contributed by atoms with E-state index >= 15 is 0 Å². The Morgan fingerprint density at radius 3 is 2.29 bits per heavy atom. The summed E-state index contributed by atoms with van der Waals surface area (Å²) < 4.78 is 5.44. The molecule has 0 saturated heterocycles. The lowest BCUT2D eigenvalue weighted by Crippen LogP contribution is -2.34. The van der Waals surface area contributed by atoms with Gasteiger partial charge in [0.25, 0.3) is 0 Å². The molecule has 0 bridgehead atoms. The molecule has 0 radical (unpaired) electrons. The van der Waals surface area contributed by atoms with Gasteiger partial charge in [-0.25, -0.2) is 4.79 Å². The molecule has 2 atom stereocenters. The Morgan fingerprint density at radius 1 is 1.08 bits per heavy atom. The fourth-order valence-corrected chi connectivity index (χ4v) is 2.45. The number of benzene rings is 2. The van der Waals surface area contributed by atoms with Gasteiger partial charge in [0.2, 0.25) is 0 Å². The van der Waals surface area contributed by atoms with E-state index in [2.05, 4.69) is 5.32 Å². The second-order valence-electron chi connectivity index (χ2n) is 5.36. The molecule has 0 fully saturated rings. The lowest BCUT2D eigenvalue weighted by Gasteiger charge is -2.19. The maximum atomic E-state index is 12.2. The number of esters is 1. The SMILES string of the molecule is C[C@@H](OC(=O)C[C@H](NC(N)=O)c1ccc(Cl)cc1)c1ccccc1. The molecule has 2 aromatic carbocycles. The molecule has 0 saturated carbocycles. The standard InChI is InChI=1S/C18H19ClN2O3/c1-12(13-5-3-2-4-6-13)24-17(22)11-16(21-18(20)23)14-7-9-15(19)10-8-14/h2-10,12,16H,11H2,1H3,(H3,20,21,23)/t12-,16+/m1/s1. The molecule has 0 unspecified atom stereocenters. The fourth-order valence-electron chi connectivity index (χ4n) is 2.32. The number of nitrogens with one attached hydrogen (secondary N) is 1. The molecular weight excluding hydrogens is 328 g/mol. The first kappa shape index (κ1) is 17.8. The minimum atomic E-state index is -0.709. The van der Waals surface area contributed by atoms with Gasteiger partial charge in [-0.05, 0) is 30.2 Å². The summed E-state index contributed by atoms with van der Waals surface area (Å²) in [5.41, 5.74) is 6.82. The van der Waals surface area contributed by atoms with Gasteiger partial charge in [0.05, 0.1) is 12.5 Å². The molecule has 0 aliphatic heterocycles. The average Bonchev–Trinajstić information content (AvgIpc) is 2.55. The van der Waals surface area contributed by atoms with E-state index in [1.54, 1.807) is 31.2 Å². The summed E-state index contributed by atoms with van der Waals surface area (Å²) in [5.74, 6) is -0.431. The number of carbonyl (C=O) groups excluding carboxylic acids is 2. The van der Waals surface area contributed by atoms with Crippen LogP contribution in [0, 0.1) is 0 Å². The Hall–Kier alpha value is -2.53. The van der Waals surface area contributed by atoms with Crippen molar-refractivity contribution < 1.29 is 14.3 Å². The maximum Gasteiger partial charge on any atom is 0.312 e. The van der Waals surface area contributed by atoms with Crippen molar-refractivity contribution in [1.82, 2.24) is 5.32 Å². The molecule has 5 nitrogen and oxygen atoms in total. The highest BCUT2D eigenvalue weighted by molar-refractivity contribution is 6.30. The Balaban J connectivity index is 2.04. The van der Waals surface area contributed by atoms with Crippen molar-refractivity contribution in [3.05, 3.63) is 70.7 Å². The molecule has 2 amide bonds. The summed E-state index contributed by atoms with van der Waals surface area (Å²) in [4.78, 5) is 23.4. The van der Waals surface area contributed by atoms with E-state index in [9.17, 15) is 9.59 Å². The van der Waals surface area contributed by atoms with Gasteiger partial charge in [-0.3, -0.25) is 4.79 Å². The fraction of sp³-hybridized carbons (Fsp3) is 0.222. The lowest BCUT2D eigenvalue weighted by molar-refractivity contribution is -0.149. The number of ether oxygens (including phenoxy) is 1. The highest BCUT2D eigenvalue weighted by atomic mass is 35.5. The highest BCUT2D eigenvalue weighted by Gasteiger charge is 2.20. The van der Waals surface area contributed by atoms with Crippen molar-refractivity contribution in [3.63, 3.8) is 0 Å². The minimum absolute atomic E-state index is 0.0260. The van der Waals surface area contributed by atoms with Crippen molar-refractivity contribution in [2.45, 2.75) is 25.5 Å². The number of urea groups is 1. The molecule has 0 heterocycles. The first-order chi connectivity index (χ1) is 11.5. The van der Waals surface area contributed by atoms with Gasteiger partial charge in [0, 0.05) is 5.02 Å². The second-order valence-corrected chi connectivity index (χ2v) is 5.80. The molecule has 0 aliphatic carbocycles. The van der Waals surface area contributed by atoms with Crippen LogP contribution in [-0.4, -0.2) is 12.0 Å². The predicted molar refractivity (Wildman–Crippen MR) is 92.5 cm³/mol. The van der Waals surface area contributed by atoms with Gasteiger partial charge in [-0.2, -0.15) is 0 Å². The average molecular weight is 347 g/mol. The third kappa shape index (κ3) is 5.28. The van der Waals surface area contributed by atoms with Crippen LogP contribution in [0.25, 0.3) is 0 Å². The monoisotopic (exact) mass is 346 g/mol. The third-order valence-corrected chi connectivity index (χ3v) is 3.79. The van der Waals surface area contributed by atoms with Crippen LogP contribution in [0.3, 0.4) is 0 Å². The van der Waals surface area contributed by atoms with Gasteiger partial charge in [0.15, 0.2) is 0 Å². The van der Waals surface area contributed by atoms with E-state index in [0.717, 1.165) is 11.1 Å². The molecule has 0 spiro atoms. The summed E-state index contributed by atoms with van der Waals surface area (Å²) in [6.07, 6.45) is -0.403. The first-order valence-electron chi connectivity index (χ1n) is 7.51. The molecule has 3 N–H and O–H groups in total. The van der Waals surface area contributed by atoms with Gasteiger partial charge in [0.1, 0.15) is 6.10 Å². The van der Waals surface area contributed by atoms with Crippen LogP contribution in [0.1, 0.15) is 36.6 Å². The van der Waals surface area contributed by atoms with Crippen molar-refractivity contribution in [3.8, 4) is 0 Å². The molecule has 0 aliphatic rings.